The topological polar surface area (TPSA) is 73.1 Å². The van der Waals surface area contributed by atoms with E-state index < -0.39 is 0 Å². The molecule has 3 aliphatic rings. The minimum Gasteiger partial charge on any atom is -0.492 e. The molecule has 36 heavy (non-hydrogen) atoms. The fourth-order valence-corrected chi connectivity index (χ4v) is 5.65. The number of carbonyl (C=O) groups is 1. The van der Waals surface area contributed by atoms with E-state index in [2.05, 4.69) is 25.7 Å². The van der Waals surface area contributed by atoms with Crippen molar-refractivity contribution in [2.24, 2.45) is 11.8 Å². The summed E-state index contributed by atoms with van der Waals surface area (Å²) in [5, 5.41) is 0. The van der Waals surface area contributed by atoms with Crippen LogP contribution in [0.25, 0.3) is 6.08 Å². The van der Waals surface area contributed by atoms with Gasteiger partial charge in [-0.3, -0.25) is 0 Å². The third-order valence-corrected chi connectivity index (χ3v) is 7.87. The molecule has 6 atom stereocenters. The van der Waals surface area contributed by atoms with Gasteiger partial charge in [-0.2, -0.15) is 0 Å². The molecule has 7 nitrogen and oxygen atoms in total. The highest BCUT2D eigenvalue weighted by Crippen LogP contribution is 2.59. The second-order valence-corrected chi connectivity index (χ2v) is 11.4. The molecule has 200 valence electrons. The summed E-state index contributed by atoms with van der Waals surface area (Å²) < 4.78 is 29.9. The maximum absolute atomic E-state index is 12.8. The first-order valence-electron chi connectivity index (χ1n) is 13.3. The Morgan fingerprint density at radius 2 is 1.97 bits per heavy atom. The van der Waals surface area contributed by atoms with Crippen molar-refractivity contribution < 1.29 is 28.5 Å². The Balaban J connectivity index is 1.34. The lowest BCUT2D eigenvalue weighted by molar-refractivity contribution is -0.166. The van der Waals surface area contributed by atoms with Crippen molar-refractivity contribution in [2.45, 2.75) is 76.0 Å². The predicted molar refractivity (Wildman–Crippen MR) is 139 cm³/mol. The second-order valence-electron chi connectivity index (χ2n) is 11.4. The molecule has 0 aromatic heterocycles. The number of methoxy groups -OCH3 is 1. The van der Waals surface area contributed by atoms with Crippen molar-refractivity contribution in [3.63, 3.8) is 0 Å². The number of hydrogen-bond donors (Lipinski definition) is 0. The van der Waals surface area contributed by atoms with Crippen LogP contribution in [0, 0.1) is 11.8 Å². The first-order chi connectivity index (χ1) is 17.2. The number of hydrogen-bond acceptors (Lipinski definition) is 7. The predicted octanol–water partition coefficient (Wildman–Crippen LogP) is 4.34. The van der Waals surface area contributed by atoms with E-state index in [1.54, 1.807) is 13.2 Å². The van der Waals surface area contributed by atoms with Gasteiger partial charge in [-0.1, -0.05) is 26.0 Å². The highest BCUT2D eigenvalue weighted by atomic mass is 16.6. The number of rotatable bonds is 12. The van der Waals surface area contributed by atoms with Crippen molar-refractivity contribution in [1.29, 1.82) is 0 Å². The van der Waals surface area contributed by atoms with Crippen LogP contribution in [0.1, 0.15) is 52.0 Å². The van der Waals surface area contributed by atoms with Crippen LogP contribution in [-0.4, -0.2) is 81.3 Å². The van der Waals surface area contributed by atoms with Crippen LogP contribution in [0.15, 0.2) is 30.3 Å². The molecular weight excluding hydrogens is 458 g/mol. The van der Waals surface area contributed by atoms with E-state index in [0.717, 1.165) is 50.1 Å². The van der Waals surface area contributed by atoms with Gasteiger partial charge in [0.25, 0.3) is 0 Å². The third kappa shape index (κ3) is 6.31. The molecule has 7 heteroatoms. The lowest BCUT2D eigenvalue weighted by Crippen LogP contribution is -2.55. The number of nitrogens with zero attached hydrogens (tertiary/aromatic N) is 1. The number of benzene rings is 1. The first kappa shape index (κ1) is 27.1. The van der Waals surface area contributed by atoms with E-state index in [9.17, 15) is 4.79 Å². The summed E-state index contributed by atoms with van der Waals surface area (Å²) in [6, 6.07) is 7.68. The van der Waals surface area contributed by atoms with Crippen molar-refractivity contribution >= 4 is 12.0 Å². The SMILES string of the molecule is COC1C(OC(=O)C=Cc2ccc(OCCN(C)C)cc2)CCC2(CO2)C1C1(C)OC1CCC(C)C. The molecule has 0 amide bonds. The van der Waals surface area contributed by atoms with Gasteiger partial charge in [0.05, 0.1) is 18.6 Å². The number of esters is 1. The maximum Gasteiger partial charge on any atom is 0.331 e. The van der Waals surface area contributed by atoms with Gasteiger partial charge < -0.3 is 28.6 Å². The number of likely N-dealkylation sites (N-methyl/N-ethyl adjacent to an activating group) is 1. The zero-order chi connectivity index (χ0) is 25.9. The Bertz CT molecular complexity index is 909. The van der Waals surface area contributed by atoms with Crippen LogP contribution >= 0.6 is 0 Å². The Kier molecular flexibility index (Phi) is 8.45. The van der Waals surface area contributed by atoms with Crippen molar-refractivity contribution in [3.05, 3.63) is 35.9 Å². The normalized spacial score (nSPS) is 33.4. The lowest BCUT2D eigenvalue weighted by atomic mass is 9.68. The van der Waals surface area contributed by atoms with Crippen LogP contribution < -0.4 is 4.74 Å². The molecule has 2 aliphatic heterocycles. The largest absolute Gasteiger partial charge is 0.492 e. The lowest BCUT2D eigenvalue weighted by Gasteiger charge is -2.42. The van der Waals surface area contributed by atoms with Crippen LogP contribution in [0.2, 0.25) is 0 Å². The van der Waals surface area contributed by atoms with Crippen molar-refractivity contribution in [3.8, 4) is 5.75 Å². The van der Waals surface area contributed by atoms with Crippen LogP contribution in [0.3, 0.4) is 0 Å². The van der Waals surface area contributed by atoms with E-state index in [1.807, 2.05) is 38.4 Å². The summed E-state index contributed by atoms with van der Waals surface area (Å²) in [5.41, 5.74) is 0.398. The van der Waals surface area contributed by atoms with Gasteiger partial charge >= 0.3 is 5.97 Å². The fraction of sp³-hybridized carbons (Fsp3) is 0.690. The van der Waals surface area contributed by atoms with Gasteiger partial charge in [-0.25, -0.2) is 4.79 Å². The Morgan fingerprint density at radius 3 is 2.58 bits per heavy atom. The van der Waals surface area contributed by atoms with E-state index in [4.69, 9.17) is 23.7 Å². The molecule has 6 unspecified atom stereocenters. The highest BCUT2D eigenvalue weighted by Gasteiger charge is 2.72. The number of epoxide rings is 2. The first-order valence-corrected chi connectivity index (χ1v) is 13.3. The smallest absolute Gasteiger partial charge is 0.331 e. The van der Waals surface area contributed by atoms with Crippen molar-refractivity contribution in [1.82, 2.24) is 4.90 Å². The number of carbonyl (C=O) groups excluding carboxylic acids is 1. The molecule has 1 aliphatic carbocycles. The second kappa shape index (κ2) is 11.2. The minimum absolute atomic E-state index is 0.0442. The monoisotopic (exact) mass is 501 g/mol. The third-order valence-electron chi connectivity index (χ3n) is 7.87. The van der Waals surface area contributed by atoms with Crippen LogP contribution in [0.4, 0.5) is 0 Å². The molecule has 4 rings (SSSR count). The summed E-state index contributed by atoms with van der Waals surface area (Å²) in [4.78, 5) is 14.8. The van der Waals surface area contributed by atoms with E-state index in [1.165, 1.54) is 6.08 Å². The molecule has 2 heterocycles. The molecule has 0 N–H and O–H groups in total. The van der Waals surface area contributed by atoms with E-state index in [0.29, 0.717) is 12.5 Å². The van der Waals surface area contributed by atoms with Crippen LogP contribution in [-0.2, 0) is 23.7 Å². The van der Waals surface area contributed by atoms with Gasteiger partial charge in [0.2, 0.25) is 0 Å². The standard InChI is InChI=1S/C29H43NO6/c1-20(2)7-13-24-28(3,36-24)27-26(32-6)23(15-16-29(27)19-34-29)35-25(31)14-10-21-8-11-22(12-9-21)33-18-17-30(4)5/h8-12,14,20,23-24,26-27H,7,13,15-19H2,1-6H3. The summed E-state index contributed by atoms with van der Waals surface area (Å²) in [7, 11) is 5.73. The zero-order valence-electron chi connectivity index (χ0n) is 22.7. The Morgan fingerprint density at radius 1 is 1.25 bits per heavy atom. The summed E-state index contributed by atoms with van der Waals surface area (Å²) in [6.07, 6.45) is 6.61. The van der Waals surface area contributed by atoms with E-state index >= 15 is 0 Å². The quantitative estimate of drug-likeness (QED) is 0.240. The molecule has 0 bridgehead atoms. The Hall–Kier alpha value is -1.93. The molecule has 0 radical (unpaired) electrons. The molecule has 1 spiro atoms. The van der Waals surface area contributed by atoms with E-state index in [-0.39, 0.29) is 41.4 Å². The van der Waals surface area contributed by atoms with Crippen LogP contribution in [0.5, 0.6) is 5.75 Å². The molecule has 1 aromatic rings. The van der Waals surface area contributed by atoms with Gasteiger partial charge in [0.15, 0.2) is 0 Å². The molecular formula is C29H43NO6. The molecule has 1 saturated carbocycles. The highest BCUT2D eigenvalue weighted by molar-refractivity contribution is 5.87. The summed E-state index contributed by atoms with van der Waals surface area (Å²) in [5.74, 6) is 1.13. The molecule has 1 aromatic carbocycles. The average Bonchev–Trinajstić information content (AvgIpc) is 3.75. The zero-order valence-corrected chi connectivity index (χ0v) is 22.7. The van der Waals surface area contributed by atoms with Gasteiger partial charge in [-0.15, -0.1) is 0 Å². The molecule has 3 fully saturated rings. The average molecular weight is 502 g/mol. The molecule has 2 saturated heterocycles. The maximum atomic E-state index is 12.8. The fourth-order valence-electron chi connectivity index (χ4n) is 5.65. The van der Waals surface area contributed by atoms with Gasteiger partial charge in [0, 0.05) is 19.7 Å². The minimum atomic E-state index is -0.363. The number of ether oxygens (including phenoxy) is 5. The van der Waals surface area contributed by atoms with Crippen molar-refractivity contribution in [2.75, 3.05) is 41.0 Å². The van der Waals surface area contributed by atoms with Gasteiger partial charge in [0.1, 0.15) is 35.8 Å². The summed E-state index contributed by atoms with van der Waals surface area (Å²) >= 11 is 0. The summed E-state index contributed by atoms with van der Waals surface area (Å²) in [6.45, 7) is 8.86. The Labute approximate surface area is 216 Å². The van der Waals surface area contributed by atoms with Gasteiger partial charge in [-0.05, 0) is 76.4 Å².